The monoisotopic (exact) mass is 145 g/mol. The van der Waals surface area contributed by atoms with E-state index in [4.69, 9.17) is 11.6 Å². The van der Waals surface area contributed by atoms with Gasteiger partial charge < -0.3 is 11.2 Å². The van der Waals surface area contributed by atoms with Crippen LogP contribution in [-0.2, 0) is 4.79 Å². The topological polar surface area (TPSA) is 81.1 Å². The minimum Gasteiger partial charge on any atom is -0.395 e. The van der Waals surface area contributed by atoms with Crippen LogP contribution in [0.1, 0.15) is 20.8 Å². The lowest BCUT2D eigenvalue weighted by Crippen LogP contribution is -2.19. The van der Waals surface area contributed by atoms with Gasteiger partial charge in [-0.1, -0.05) is 13.8 Å². The molecule has 0 aliphatic rings. The van der Waals surface area contributed by atoms with Crippen LogP contribution in [0.15, 0.2) is 11.9 Å². The van der Waals surface area contributed by atoms with Crippen molar-refractivity contribution in [2.75, 3.05) is 0 Å². The van der Waals surface area contributed by atoms with E-state index in [0.29, 0.717) is 0 Å². The molecule has 0 fully saturated rings. The fourth-order valence-corrected chi connectivity index (χ4v) is 0.191. The fourth-order valence-electron chi connectivity index (χ4n) is 0.191. The molecule has 0 heterocycles. The first kappa shape index (κ1) is 11.7. The summed E-state index contributed by atoms with van der Waals surface area (Å²) < 4.78 is 0. The smallest absolute Gasteiger partial charge is 0.176 e. The normalized spacial score (nSPS) is 9.40. The van der Waals surface area contributed by atoms with Crippen molar-refractivity contribution in [1.82, 2.24) is 5.43 Å². The molecule has 0 aliphatic carbocycles. The highest BCUT2D eigenvalue weighted by Gasteiger charge is 1.92. The second kappa shape index (κ2) is 7.97. The van der Waals surface area contributed by atoms with Gasteiger partial charge in [0.1, 0.15) is 0 Å². The van der Waals surface area contributed by atoms with Gasteiger partial charge in [0, 0.05) is 13.1 Å². The molecule has 0 aromatic carbocycles. The predicted octanol–water partition coefficient (Wildman–Crippen LogP) is -0.135. The van der Waals surface area contributed by atoms with Crippen molar-refractivity contribution in [3.63, 3.8) is 0 Å². The van der Waals surface area contributed by atoms with E-state index in [1.54, 1.807) is 0 Å². The van der Waals surface area contributed by atoms with Crippen LogP contribution in [-0.4, -0.2) is 5.78 Å². The van der Waals surface area contributed by atoms with Gasteiger partial charge >= 0.3 is 0 Å². The molecule has 4 heteroatoms. The lowest BCUT2D eigenvalue weighted by atomic mass is 10.3. The number of rotatable bonds is 2. The molecule has 0 aromatic heterocycles. The number of nitrogens with two attached hydrogens (primary N) is 2. The molecule has 0 bridgehead atoms. The third-order valence-electron chi connectivity index (χ3n) is 0.645. The van der Waals surface area contributed by atoms with Crippen molar-refractivity contribution in [2.24, 2.45) is 11.6 Å². The maximum atomic E-state index is 10.2. The highest BCUT2D eigenvalue weighted by atomic mass is 16.1. The summed E-state index contributed by atoms with van der Waals surface area (Å²) in [6, 6.07) is 0. The Balaban J connectivity index is 0. The molecule has 0 spiro atoms. The Bertz CT molecular complexity index is 120. The van der Waals surface area contributed by atoms with Gasteiger partial charge in [-0.2, -0.15) is 0 Å². The number of hydrogen-bond donors (Lipinski definition) is 3. The van der Waals surface area contributed by atoms with Crippen LogP contribution in [0, 0.1) is 0 Å². The molecule has 0 aliphatic heterocycles. The Morgan fingerprint density at radius 2 is 1.90 bits per heavy atom. The van der Waals surface area contributed by atoms with Crippen molar-refractivity contribution in [1.29, 1.82) is 0 Å². The van der Waals surface area contributed by atoms with Crippen LogP contribution >= 0.6 is 0 Å². The summed E-state index contributed by atoms with van der Waals surface area (Å²) in [7, 11) is 0. The van der Waals surface area contributed by atoms with E-state index in [-0.39, 0.29) is 11.5 Å². The van der Waals surface area contributed by atoms with Crippen LogP contribution in [0.25, 0.3) is 0 Å². The van der Waals surface area contributed by atoms with Gasteiger partial charge in [0.15, 0.2) is 5.78 Å². The highest BCUT2D eigenvalue weighted by Crippen LogP contribution is 1.79. The number of hydrazine groups is 1. The molecular weight excluding hydrogens is 130 g/mol. The van der Waals surface area contributed by atoms with Crippen LogP contribution in [0.2, 0.25) is 0 Å². The van der Waals surface area contributed by atoms with E-state index in [9.17, 15) is 4.79 Å². The molecule has 4 nitrogen and oxygen atoms in total. The number of carbonyl (C=O) groups is 1. The first-order valence-corrected chi connectivity index (χ1v) is 3.11. The van der Waals surface area contributed by atoms with Crippen molar-refractivity contribution in [3.8, 4) is 0 Å². The molecule has 0 aromatic rings. The van der Waals surface area contributed by atoms with Gasteiger partial charge in [-0.05, 0) is 0 Å². The lowest BCUT2D eigenvalue weighted by Gasteiger charge is -1.91. The molecule has 0 atom stereocenters. The summed E-state index contributed by atoms with van der Waals surface area (Å²) in [5.74, 6) is 4.62. The summed E-state index contributed by atoms with van der Waals surface area (Å²) in [5.41, 5.74) is 7.37. The number of ketones is 1. The maximum Gasteiger partial charge on any atom is 0.176 e. The maximum absolute atomic E-state index is 10.2. The summed E-state index contributed by atoms with van der Waals surface area (Å²) in [4.78, 5) is 10.2. The Labute approximate surface area is 61.2 Å². The van der Waals surface area contributed by atoms with Gasteiger partial charge in [0.05, 0.1) is 5.70 Å². The van der Waals surface area contributed by atoms with E-state index < -0.39 is 0 Å². The zero-order valence-electron chi connectivity index (χ0n) is 6.64. The van der Waals surface area contributed by atoms with E-state index in [1.165, 1.54) is 13.1 Å². The quantitative estimate of drug-likeness (QED) is 0.287. The fraction of sp³-hybridized carbons (Fsp3) is 0.500. The van der Waals surface area contributed by atoms with E-state index in [2.05, 4.69) is 5.43 Å². The van der Waals surface area contributed by atoms with Crippen LogP contribution in [0.5, 0.6) is 0 Å². The minimum absolute atomic E-state index is 0.132. The molecule has 0 radical (unpaired) electrons. The molecule has 5 N–H and O–H groups in total. The number of allylic oxidation sites excluding steroid dienone is 1. The van der Waals surface area contributed by atoms with Crippen molar-refractivity contribution >= 4 is 5.78 Å². The summed E-state index contributed by atoms with van der Waals surface area (Å²) in [5, 5.41) is 0. The van der Waals surface area contributed by atoms with Gasteiger partial charge in [0.25, 0.3) is 0 Å². The van der Waals surface area contributed by atoms with E-state index in [1.807, 2.05) is 13.8 Å². The van der Waals surface area contributed by atoms with Crippen molar-refractivity contribution in [2.45, 2.75) is 20.8 Å². The average molecular weight is 145 g/mol. The van der Waals surface area contributed by atoms with E-state index in [0.717, 1.165) is 0 Å². The summed E-state index contributed by atoms with van der Waals surface area (Å²) in [6.45, 7) is 5.36. The standard InChI is InChI=1S/C4H9N3O.C2H6/c1-3(8)4(5)2-7-6;1-2/h2,7H,5-6H2,1H3;1-2H3/b4-2-;. The van der Waals surface area contributed by atoms with Crippen LogP contribution < -0.4 is 17.0 Å². The van der Waals surface area contributed by atoms with Crippen LogP contribution in [0.3, 0.4) is 0 Å². The Morgan fingerprint density at radius 1 is 1.50 bits per heavy atom. The second-order valence-electron chi connectivity index (χ2n) is 1.32. The highest BCUT2D eigenvalue weighted by molar-refractivity contribution is 5.91. The summed E-state index contributed by atoms with van der Waals surface area (Å²) >= 11 is 0. The Hall–Kier alpha value is -1.03. The number of Topliss-reactive ketones (excluding diaryl/α,β-unsaturated/α-hetero) is 1. The minimum atomic E-state index is -0.192. The number of hydrogen-bond acceptors (Lipinski definition) is 4. The second-order valence-corrected chi connectivity index (χ2v) is 1.32. The molecule has 0 rings (SSSR count). The predicted molar refractivity (Wildman–Crippen MR) is 41.6 cm³/mol. The molecule has 60 valence electrons. The molecule has 10 heavy (non-hydrogen) atoms. The zero-order valence-corrected chi connectivity index (χ0v) is 6.64. The first-order chi connectivity index (χ1) is 4.68. The molecule has 0 unspecified atom stereocenters. The Morgan fingerprint density at radius 3 is 2.00 bits per heavy atom. The van der Waals surface area contributed by atoms with Gasteiger partial charge in [0.2, 0.25) is 0 Å². The first-order valence-electron chi connectivity index (χ1n) is 3.11. The molecular formula is C6H15N3O. The SMILES string of the molecule is CC.CC(=O)/C(N)=C/NN. The number of nitrogens with one attached hydrogen (secondary N) is 1. The molecule has 0 saturated heterocycles. The third-order valence-corrected chi connectivity index (χ3v) is 0.645. The zero-order chi connectivity index (χ0) is 8.57. The van der Waals surface area contributed by atoms with Crippen LogP contribution in [0.4, 0.5) is 0 Å². The van der Waals surface area contributed by atoms with Crippen molar-refractivity contribution < 1.29 is 4.79 Å². The largest absolute Gasteiger partial charge is 0.395 e. The molecule has 0 saturated carbocycles. The van der Waals surface area contributed by atoms with Gasteiger partial charge in [-0.3, -0.25) is 10.6 Å². The van der Waals surface area contributed by atoms with E-state index >= 15 is 0 Å². The third kappa shape index (κ3) is 6.97. The van der Waals surface area contributed by atoms with Gasteiger partial charge in [-0.15, -0.1) is 0 Å². The Kier molecular flexibility index (Phi) is 9.35. The van der Waals surface area contributed by atoms with Crippen molar-refractivity contribution in [3.05, 3.63) is 11.9 Å². The lowest BCUT2D eigenvalue weighted by molar-refractivity contribution is -0.113. The molecule has 0 amide bonds. The number of carbonyl (C=O) groups excluding carboxylic acids is 1. The van der Waals surface area contributed by atoms with Gasteiger partial charge in [-0.25, -0.2) is 0 Å². The average Bonchev–Trinajstić information content (AvgIpc) is 1.93. The summed E-state index contributed by atoms with van der Waals surface area (Å²) in [6.07, 6.45) is 1.24.